The number of alkyl halides is 3. The van der Waals surface area contributed by atoms with Gasteiger partial charge in [0.05, 0.1) is 17.1 Å². The van der Waals surface area contributed by atoms with Gasteiger partial charge in [-0.15, -0.1) is 0 Å². The molecule has 0 aliphatic heterocycles. The van der Waals surface area contributed by atoms with E-state index in [9.17, 15) is 18.0 Å². The Kier molecular flexibility index (Phi) is 6.31. The summed E-state index contributed by atoms with van der Waals surface area (Å²) < 4.78 is 45.6. The summed E-state index contributed by atoms with van der Waals surface area (Å²) in [5, 5.41) is 5.80. The van der Waals surface area contributed by atoms with Crippen molar-refractivity contribution in [2.75, 3.05) is 5.32 Å². The van der Waals surface area contributed by atoms with Crippen molar-refractivity contribution >= 4 is 23.5 Å². The number of amides is 1. The van der Waals surface area contributed by atoms with Crippen LogP contribution in [0, 0.1) is 6.92 Å². The minimum absolute atomic E-state index is 0.125. The highest BCUT2D eigenvalue weighted by molar-refractivity contribution is 8.00. The first-order chi connectivity index (χ1) is 13.8. The van der Waals surface area contributed by atoms with Crippen molar-refractivity contribution in [1.82, 2.24) is 14.7 Å². The molecule has 1 N–H and O–H groups in total. The topological polar surface area (TPSA) is 73.0 Å². The summed E-state index contributed by atoms with van der Waals surface area (Å²) in [6.07, 6.45) is -2.64. The first kappa shape index (κ1) is 21.0. The van der Waals surface area contributed by atoms with Crippen LogP contribution >= 0.6 is 11.8 Å². The zero-order chi connectivity index (χ0) is 21.0. The molecule has 3 rings (SSSR count). The molecule has 0 radical (unpaired) electrons. The Bertz CT molecular complexity index is 969. The van der Waals surface area contributed by atoms with Crippen molar-refractivity contribution in [3.63, 3.8) is 0 Å². The number of aromatic nitrogens is 3. The van der Waals surface area contributed by atoms with Gasteiger partial charge >= 0.3 is 6.18 Å². The monoisotopic (exact) mass is 424 g/mol. The summed E-state index contributed by atoms with van der Waals surface area (Å²) in [4.78, 5) is 16.7. The number of carbonyl (C=O) groups is 1. The molecular weight excluding hydrogens is 405 g/mol. The van der Waals surface area contributed by atoms with Crippen LogP contribution in [-0.4, -0.2) is 32.0 Å². The van der Waals surface area contributed by atoms with Crippen LogP contribution in [-0.2, 0) is 11.3 Å². The van der Waals surface area contributed by atoms with Crippen LogP contribution in [0.15, 0.2) is 52.3 Å². The van der Waals surface area contributed by atoms with E-state index >= 15 is 0 Å². The minimum Gasteiger partial charge on any atom is -0.360 e. The van der Waals surface area contributed by atoms with E-state index < -0.39 is 18.0 Å². The fraction of sp³-hybridized carbons (Fsp3) is 0.316. The van der Waals surface area contributed by atoms with Gasteiger partial charge in [0.25, 0.3) is 0 Å². The van der Waals surface area contributed by atoms with E-state index in [1.165, 1.54) is 6.20 Å². The molecule has 0 aliphatic rings. The number of nitrogens with one attached hydrogen (secondary N) is 1. The zero-order valence-corrected chi connectivity index (χ0v) is 16.5. The highest BCUT2D eigenvalue weighted by Crippen LogP contribution is 2.33. The average molecular weight is 424 g/mol. The number of thioether (sulfide) groups is 1. The first-order valence-electron chi connectivity index (χ1n) is 8.85. The van der Waals surface area contributed by atoms with Gasteiger partial charge in [0.15, 0.2) is 11.0 Å². The maximum absolute atomic E-state index is 13.2. The molecule has 1 aromatic carbocycles. The molecule has 2 aromatic heterocycles. The SMILES string of the molecule is CCC(Sc1ncc(-c2ccccc2)n1CC(F)(F)F)C(=O)Nc1cc(C)on1. The second-order valence-corrected chi connectivity index (χ2v) is 7.49. The number of aryl methyl sites for hydroxylation is 1. The highest BCUT2D eigenvalue weighted by Gasteiger charge is 2.32. The Morgan fingerprint density at radius 3 is 2.62 bits per heavy atom. The van der Waals surface area contributed by atoms with Gasteiger partial charge in [-0.05, 0) is 18.9 Å². The molecule has 0 aliphatic carbocycles. The standard InChI is InChI=1S/C19H19F3N4O2S/c1-3-15(17(27)24-16-9-12(2)28-25-16)29-18-23-10-14(13-7-5-4-6-8-13)26(18)11-19(20,21)22/h4-10,15H,3,11H2,1-2H3,(H,24,25,27). The number of hydrogen-bond donors (Lipinski definition) is 1. The van der Waals surface area contributed by atoms with Crippen molar-refractivity contribution in [3.8, 4) is 11.3 Å². The van der Waals surface area contributed by atoms with Crippen molar-refractivity contribution in [1.29, 1.82) is 0 Å². The number of rotatable bonds is 7. The smallest absolute Gasteiger partial charge is 0.360 e. The third-order valence-corrected chi connectivity index (χ3v) is 5.38. The lowest BCUT2D eigenvalue weighted by molar-refractivity contribution is -0.141. The Morgan fingerprint density at radius 1 is 1.31 bits per heavy atom. The maximum Gasteiger partial charge on any atom is 0.406 e. The number of hydrogen-bond acceptors (Lipinski definition) is 5. The molecule has 2 heterocycles. The molecule has 0 saturated carbocycles. The Labute approximate surface area is 169 Å². The van der Waals surface area contributed by atoms with E-state index in [0.717, 1.165) is 16.3 Å². The van der Waals surface area contributed by atoms with E-state index in [2.05, 4.69) is 15.5 Å². The molecule has 154 valence electrons. The van der Waals surface area contributed by atoms with Crippen molar-refractivity contribution < 1.29 is 22.5 Å². The number of nitrogens with zero attached hydrogens (tertiary/aromatic N) is 3. The van der Waals surface area contributed by atoms with Gasteiger partial charge in [-0.1, -0.05) is 54.2 Å². The Balaban J connectivity index is 1.86. The second-order valence-electron chi connectivity index (χ2n) is 6.32. The van der Waals surface area contributed by atoms with Gasteiger partial charge in [0.2, 0.25) is 5.91 Å². The Hall–Kier alpha value is -2.75. The molecule has 0 bridgehead atoms. The first-order valence-corrected chi connectivity index (χ1v) is 9.73. The van der Waals surface area contributed by atoms with Gasteiger partial charge in [-0.25, -0.2) is 4.98 Å². The molecule has 6 nitrogen and oxygen atoms in total. The normalized spacial score (nSPS) is 12.7. The summed E-state index contributed by atoms with van der Waals surface area (Å²) in [7, 11) is 0. The van der Waals surface area contributed by atoms with E-state index in [1.807, 2.05) is 0 Å². The third-order valence-electron chi connectivity index (χ3n) is 4.02. The summed E-state index contributed by atoms with van der Waals surface area (Å²) in [6, 6.07) is 10.3. The number of imidazole rings is 1. The predicted molar refractivity (Wildman–Crippen MR) is 104 cm³/mol. The predicted octanol–water partition coefficient (Wildman–Crippen LogP) is 4.92. The molecule has 0 fully saturated rings. The van der Waals surface area contributed by atoms with Gasteiger partial charge < -0.3 is 14.4 Å². The lowest BCUT2D eigenvalue weighted by atomic mass is 10.2. The third kappa shape index (κ3) is 5.41. The molecule has 0 spiro atoms. The van der Waals surface area contributed by atoms with E-state index in [-0.39, 0.29) is 16.9 Å². The number of carbonyl (C=O) groups excluding carboxylic acids is 1. The van der Waals surface area contributed by atoms with E-state index in [1.54, 1.807) is 50.2 Å². The summed E-state index contributed by atoms with van der Waals surface area (Å²) in [5.74, 6) is 0.415. The molecule has 1 atom stereocenters. The number of halogens is 3. The van der Waals surface area contributed by atoms with Crippen LogP contribution in [0.4, 0.5) is 19.0 Å². The average Bonchev–Trinajstić information content (AvgIpc) is 3.25. The summed E-state index contributed by atoms with van der Waals surface area (Å²) in [5.41, 5.74) is 0.958. The van der Waals surface area contributed by atoms with Crippen LogP contribution in [0.3, 0.4) is 0 Å². The molecule has 1 unspecified atom stereocenters. The zero-order valence-electron chi connectivity index (χ0n) is 15.7. The van der Waals surface area contributed by atoms with E-state index in [0.29, 0.717) is 23.4 Å². The van der Waals surface area contributed by atoms with Crippen LogP contribution in [0.2, 0.25) is 0 Å². The van der Waals surface area contributed by atoms with Crippen molar-refractivity contribution in [2.24, 2.45) is 0 Å². The minimum atomic E-state index is -4.43. The quantitative estimate of drug-likeness (QED) is 0.545. The van der Waals surface area contributed by atoms with Gasteiger partial charge in [-0.3, -0.25) is 4.79 Å². The van der Waals surface area contributed by atoms with Gasteiger partial charge in [-0.2, -0.15) is 13.2 Å². The Morgan fingerprint density at radius 2 is 2.03 bits per heavy atom. The number of benzene rings is 1. The molecule has 29 heavy (non-hydrogen) atoms. The fourth-order valence-corrected chi connectivity index (χ4v) is 3.70. The molecule has 1 amide bonds. The molecular formula is C19H19F3N4O2S. The van der Waals surface area contributed by atoms with Crippen molar-refractivity contribution in [3.05, 3.63) is 48.4 Å². The van der Waals surface area contributed by atoms with Crippen LogP contribution < -0.4 is 5.32 Å². The summed E-state index contributed by atoms with van der Waals surface area (Å²) in [6.45, 7) is 2.27. The second kappa shape index (κ2) is 8.73. The maximum atomic E-state index is 13.2. The van der Waals surface area contributed by atoms with Crippen LogP contribution in [0.5, 0.6) is 0 Å². The lowest BCUT2D eigenvalue weighted by Crippen LogP contribution is -2.26. The largest absolute Gasteiger partial charge is 0.406 e. The molecule has 3 aromatic rings. The van der Waals surface area contributed by atoms with Gasteiger partial charge in [0, 0.05) is 6.07 Å². The van der Waals surface area contributed by atoms with E-state index in [4.69, 9.17) is 4.52 Å². The fourth-order valence-electron chi connectivity index (χ4n) is 2.71. The summed E-state index contributed by atoms with van der Waals surface area (Å²) >= 11 is 0.987. The number of anilines is 1. The lowest BCUT2D eigenvalue weighted by Gasteiger charge is -2.17. The molecule has 0 saturated heterocycles. The van der Waals surface area contributed by atoms with Crippen molar-refractivity contribution in [2.45, 2.75) is 43.4 Å². The van der Waals surface area contributed by atoms with Gasteiger partial charge in [0.1, 0.15) is 12.3 Å². The molecule has 10 heteroatoms. The van der Waals surface area contributed by atoms with Crippen LogP contribution in [0.1, 0.15) is 19.1 Å². The van der Waals surface area contributed by atoms with Crippen LogP contribution in [0.25, 0.3) is 11.3 Å². The highest BCUT2D eigenvalue weighted by atomic mass is 32.2.